The Labute approximate surface area is 139 Å². The second kappa shape index (κ2) is 7.16. The molecule has 0 aromatic heterocycles. The van der Waals surface area contributed by atoms with Crippen molar-refractivity contribution in [1.29, 1.82) is 0 Å². The standard InChI is InChI=1S/C20H21FNP/c21-20-18(6-3-7-19(20)22)16-5-2-1-4-14(8-9-16)15-10-12-17(23)13-11-15/h3,5-10,12,14-15,17H,2,11,13,22-23H2/b9-8-,16-5+. The van der Waals surface area contributed by atoms with Gasteiger partial charge in [-0.15, -0.1) is 9.24 Å². The van der Waals surface area contributed by atoms with Crippen LogP contribution in [0, 0.1) is 29.5 Å². The average molecular weight is 325 g/mol. The SMILES string of the molecule is Nc1cccc(C2=C/CC#CC(C3C=CC(P)CC3)/C=C\2)c1F. The predicted octanol–water partition coefficient (Wildman–Crippen LogP) is 4.58. The molecular weight excluding hydrogens is 304 g/mol. The molecule has 0 aliphatic heterocycles. The maximum atomic E-state index is 14.3. The summed E-state index contributed by atoms with van der Waals surface area (Å²) < 4.78 is 14.3. The third kappa shape index (κ3) is 3.74. The van der Waals surface area contributed by atoms with Crippen LogP contribution in [-0.4, -0.2) is 5.66 Å². The van der Waals surface area contributed by atoms with Crippen molar-refractivity contribution < 1.29 is 4.39 Å². The minimum atomic E-state index is -0.350. The molecule has 4 atom stereocenters. The van der Waals surface area contributed by atoms with Crippen molar-refractivity contribution in [3.05, 3.63) is 60.0 Å². The number of halogens is 1. The molecule has 2 N–H and O–H groups in total. The topological polar surface area (TPSA) is 26.0 Å². The lowest BCUT2D eigenvalue weighted by atomic mass is 9.83. The van der Waals surface area contributed by atoms with E-state index in [4.69, 9.17) is 5.73 Å². The van der Waals surface area contributed by atoms with E-state index in [9.17, 15) is 4.39 Å². The van der Waals surface area contributed by atoms with Gasteiger partial charge in [0.05, 0.1) is 5.69 Å². The molecule has 1 nitrogen and oxygen atoms in total. The zero-order valence-electron chi connectivity index (χ0n) is 13.0. The van der Waals surface area contributed by atoms with Crippen molar-refractivity contribution in [3.63, 3.8) is 0 Å². The zero-order chi connectivity index (χ0) is 16.2. The lowest BCUT2D eigenvalue weighted by molar-refractivity contribution is 0.491. The molecule has 3 rings (SSSR count). The Morgan fingerprint density at radius 3 is 2.83 bits per heavy atom. The minimum absolute atomic E-state index is 0.184. The Kier molecular flexibility index (Phi) is 4.99. The Morgan fingerprint density at radius 2 is 2.04 bits per heavy atom. The number of nitrogen functional groups attached to an aromatic ring is 1. The van der Waals surface area contributed by atoms with Gasteiger partial charge < -0.3 is 5.73 Å². The van der Waals surface area contributed by atoms with Crippen LogP contribution in [-0.2, 0) is 0 Å². The third-order valence-electron chi connectivity index (χ3n) is 4.42. The summed E-state index contributed by atoms with van der Waals surface area (Å²) in [5, 5.41) is 0. The van der Waals surface area contributed by atoms with Gasteiger partial charge in [-0.1, -0.05) is 54.4 Å². The van der Waals surface area contributed by atoms with E-state index < -0.39 is 0 Å². The molecule has 23 heavy (non-hydrogen) atoms. The molecule has 0 fully saturated rings. The molecule has 1 aromatic rings. The van der Waals surface area contributed by atoms with E-state index in [-0.39, 0.29) is 17.4 Å². The number of benzene rings is 1. The van der Waals surface area contributed by atoms with Crippen molar-refractivity contribution in [2.75, 3.05) is 5.73 Å². The Balaban J connectivity index is 1.86. The van der Waals surface area contributed by atoms with Gasteiger partial charge in [0.1, 0.15) is 0 Å². The van der Waals surface area contributed by atoms with Crippen LogP contribution in [0.25, 0.3) is 5.57 Å². The van der Waals surface area contributed by atoms with Crippen LogP contribution >= 0.6 is 9.24 Å². The summed E-state index contributed by atoms with van der Waals surface area (Å²) in [7, 11) is 2.86. The fraction of sp³-hybridized carbons (Fsp3) is 0.300. The molecule has 0 radical (unpaired) electrons. The van der Waals surface area contributed by atoms with Crippen LogP contribution in [0.5, 0.6) is 0 Å². The predicted molar refractivity (Wildman–Crippen MR) is 99.2 cm³/mol. The first-order chi connectivity index (χ1) is 11.1. The van der Waals surface area contributed by atoms with Gasteiger partial charge in [-0.2, -0.15) is 0 Å². The van der Waals surface area contributed by atoms with Gasteiger partial charge in [0, 0.05) is 17.9 Å². The molecular formula is C20H21FNP. The van der Waals surface area contributed by atoms with E-state index in [1.165, 1.54) is 6.42 Å². The van der Waals surface area contributed by atoms with Gasteiger partial charge >= 0.3 is 0 Å². The highest BCUT2D eigenvalue weighted by Gasteiger charge is 2.20. The minimum Gasteiger partial charge on any atom is -0.396 e. The quantitative estimate of drug-likeness (QED) is 0.366. The van der Waals surface area contributed by atoms with E-state index in [0.717, 1.165) is 12.0 Å². The molecule has 0 amide bonds. The van der Waals surface area contributed by atoms with E-state index >= 15 is 0 Å². The van der Waals surface area contributed by atoms with Crippen molar-refractivity contribution >= 4 is 20.5 Å². The Morgan fingerprint density at radius 1 is 1.17 bits per heavy atom. The van der Waals surface area contributed by atoms with Crippen molar-refractivity contribution in [2.24, 2.45) is 11.8 Å². The van der Waals surface area contributed by atoms with Crippen LogP contribution in [0.2, 0.25) is 0 Å². The molecule has 0 spiro atoms. The van der Waals surface area contributed by atoms with Crippen LogP contribution in [0.4, 0.5) is 10.1 Å². The number of anilines is 1. The van der Waals surface area contributed by atoms with Crippen LogP contribution < -0.4 is 5.73 Å². The fourth-order valence-electron chi connectivity index (χ4n) is 3.05. The van der Waals surface area contributed by atoms with Crippen LogP contribution in [0.15, 0.2) is 48.6 Å². The lowest BCUT2D eigenvalue weighted by Gasteiger charge is -2.23. The van der Waals surface area contributed by atoms with E-state index in [0.29, 0.717) is 23.6 Å². The second-order valence-corrected chi connectivity index (χ2v) is 6.92. The number of nitrogens with two attached hydrogens (primary N) is 1. The first kappa shape index (κ1) is 16.0. The third-order valence-corrected chi connectivity index (χ3v) is 4.97. The molecule has 2 aliphatic rings. The Bertz CT molecular complexity index is 736. The Hall–Kier alpha value is -1.84. The summed E-state index contributed by atoms with van der Waals surface area (Å²) in [6, 6.07) is 5.14. The highest BCUT2D eigenvalue weighted by Crippen LogP contribution is 2.31. The highest BCUT2D eigenvalue weighted by molar-refractivity contribution is 7.17. The number of rotatable bonds is 2. The zero-order valence-corrected chi connectivity index (χ0v) is 14.2. The number of hydrogen-bond donors (Lipinski definition) is 1. The van der Waals surface area contributed by atoms with Crippen LogP contribution in [0.3, 0.4) is 0 Å². The fourth-order valence-corrected chi connectivity index (χ4v) is 3.37. The summed E-state index contributed by atoms with van der Waals surface area (Å²) in [6.07, 6.45) is 13.5. The molecule has 1 aromatic carbocycles. The van der Waals surface area contributed by atoms with Gasteiger partial charge in [-0.3, -0.25) is 0 Å². The normalized spacial score (nSPS) is 30.3. The molecule has 0 heterocycles. The maximum absolute atomic E-state index is 14.3. The molecule has 4 unspecified atom stereocenters. The second-order valence-electron chi connectivity index (χ2n) is 6.07. The maximum Gasteiger partial charge on any atom is 0.153 e. The summed E-state index contributed by atoms with van der Waals surface area (Å²) in [6.45, 7) is 0. The molecule has 118 valence electrons. The summed E-state index contributed by atoms with van der Waals surface area (Å²) in [5.41, 5.74) is 7.86. The smallest absolute Gasteiger partial charge is 0.153 e. The summed E-state index contributed by atoms with van der Waals surface area (Å²) >= 11 is 0. The highest BCUT2D eigenvalue weighted by atomic mass is 31.0. The molecule has 0 saturated carbocycles. The number of hydrogen-bond acceptors (Lipinski definition) is 1. The lowest BCUT2D eigenvalue weighted by Crippen LogP contribution is -2.15. The van der Waals surface area contributed by atoms with Gasteiger partial charge in [0.15, 0.2) is 5.82 Å². The molecule has 2 aliphatic carbocycles. The molecule has 0 bridgehead atoms. The van der Waals surface area contributed by atoms with E-state index in [1.807, 2.05) is 12.2 Å². The summed E-state index contributed by atoms with van der Waals surface area (Å²) in [5.74, 6) is 6.84. The van der Waals surface area contributed by atoms with Crippen molar-refractivity contribution in [1.82, 2.24) is 0 Å². The van der Waals surface area contributed by atoms with E-state index in [2.05, 4.69) is 39.3 Å². The van der Waals surface area contributed by atoms with Crippen molar-refractivity contribution in [3.8, 4) is 11.8 Å². The van der Waals surface area contributed by atoms with E-state index in [1.54, 1.807) is 18.2 Å². The van der Waals surface area contributed by atoms with Gasteiger partial charge in [0.25, 0.3) is 0 Å². The average Bonchev–Trinajstić information content (AvgIpc) is 2.52. The largest absolute Gasteiger partial charge is 0.396 e. The monoisotopic (exact) mass is 325 g/mol. The van der Waals surface area contributed by atoms with Gasteiger partial charge in [0.2, 0.25) is 0 Å². The van der Waals surface area contributed by atoms with Crippen LogP contribution in [0.1, 0.15) is 24.8 Å². The molecule has 0 saturated heterocycles. The molecule has 3 heteroatoms. The number of allylic oxidation sites excluding steroid dienone is 6. The first-order valence-corrected chi connectivity index (χ1v) is 8.67. The first-order valence-electron chi connectivity index (χ1n) is 8.00. The van der Waals surface area contributed by atoms with Crippen molar-refractivity contribution in [2.45, 2.75) is 24.9 Å². The summed E-state index contributed by atoms with van der Waals surface area (Å²) in [4.78, 5) is 0. The van der Waals surface area contributed by atoms with Gasteiger partial charge in [-0.05, 0) is 36.1 Å². The van der Waals surface area contributed by atoms with Gasteiger partial charge in [-0.25, -0.2) is 4.39 Å².